The summed E-state index contributed by atoms with van der Waals surface area (Å²) in [5.74, 6) is 2.31. The van der Waals surface area contributed by atoms with Crippen LogP contribution in [0.25, 0.3) is 0 Å². The van der Waals surface area contributed by atoms with E-state index in [0.29, 0.717) is 29.4 Å². The highest BCUT2D eigenvalue weighted by atomic mass is 127. The molecule has 21 heavy (non-hydrogen) atoms. The predicted molar refractivity (Wildman–Crippen MR) is 97.3 cm³/mol. The van der Waals surface area contributed by atoms with E-state index in [2.05, 4.69) is 31.4 Å². The van der Waals surface area contributed by atoms with Crippen molar-refractivity contribution in [2.75, 3.05) is 19.7 Å². The van der Waals surface area contributed by atoms with Gasteiger partial charge in [0.2, 0.25) is 0 Å². The maximum absolute atomic E-state index is 5.98. The molecule has 0 bridgehead atoms. The van der Waals surface area contributed by atoms with Gasteiger partial charge in [0, 0.05) is 37.1 Å². The second kappa shape index (κ2) is 7.02. The van der Waals surface area contributed by atoms with E-state index in [1.165, 1.54) is 25.7 Å². The molecule has 3 aliphatic rings. The van der Waals surface area contributed by atoms with Gasteiger partial charge in [-0.3, -0.25) is 4.99 Å². The zero-order valence-corrected chi connectivity index (χ0v) is 15.9. The van der Waals surface area contributed by atoms with Crippen LogP contribution in [0.5, 0.6) is 0 Å². The van der Waals surface area contributed by atoms with Gasteiger partial charge >= 0.3 is 0 Å². The van der Waals surface area contributed by atoms with E-state index in [1.807, 2.05) is 0 Å². The summed E-state index contributed by atoms with van der Waals surface area (Å²) in [6.07, 6.45) is 5.77. The second-order valence-electron chi connectivity index (χ2n) is 7.07. The van der Waals surface area contributed by atoms with Crippen LogP contribution in [-0.2, 0) is 4.74 Å². The maximum Gasteiger partial charge on any atom is 0.191 e. The third-order valence-corrected chi connectivity index (χ3v) is 5.29. The molecule has 2 aliphatic carbocycles. The normalized spacial score (nSPS) is 33.0. The standard InChI is InChI=1S/C16H29N3O.HI/c1-4-17-15(18-10-11(2)3)19-13-12-6-9-20-14(12)16(13)7-5-8-16;/h11-14H,4-10H2,1-3H3,(H2,17,18,19);1H. The summed E-state index contributed by atoms with van der Waals surface area (Å²) in [4.78, 5) is 4.73. The van der Waals surface area contributed by atoms with Gasteiger partial charge in [0.15, 0.2) is 5.96 Å². The highest BCUT2D eigenvalue weighted by Gasteiger charge is 2.66. The lowest BCUT2D eigenvalue weighted by atomic mass is 9.46. The Kier molecular flexibility index (Phi) is 5.79. The predicted octanol–water partition coefficient (Wildman–Crippen LogP) is 2.77. The monoisotopic (exact) mass is 407 g/mol. The average molecular weight is 407 g/mol. The highest BCUT2D eigenvalue weighted by Crippen LogP contribution is 2.62. The smallest absolute Gasteiger partial charge is 0.191 e. The van der Waals surface area contributed by atoms with E-state index in [1.54, 1.807) is 0 Å². The Hall–Kier alpha value is -0.0400. The van der Waals surface area contributed by atoms with Gasteiger partial charge in [-0.25, -0.2) is 0 Å². The van der Waals surface area contributed by atoms with Crippen LogP contribution in [0, 0.1) is 17.3 Å². The molecule has 1 spiro atoms. The van der Waals surface area contributed by atoms with Crippen LogP contribution in [0.2, 0.25) is 0 Å². The number of nitrogens with one attached hydrogen (secondary N) is 2. The minimum absolute atomic E-state index is 0. The van der Waals surface area contributed by atoms with E-state index in [0.717, 1.165) is 25.7 Å². The van der Waals surface area contributed by atoms with Gasteiger partial charge in [-0.15, -0.1) is 24.0 Å². The van der Waals surface area contributed by atoms with Crippen molar-refractivity contribution in [3.63, 3.8) is 0 Å². The second-order valence-corrected chi connectivity index (χ2v) is 7.07. The summed E-state index contributed by atoms with van der Waals surface area (Å²) < 4.78 is 5.98. The molecule has 3 rings (SSSR count). The summed E-state index contributed by atoms with van der Waals surface area (Å²) in [6, 6.07) is 0.578. The van der Waals surface area contributed by atoms with Crippen molar-refractivity contribution in [2.45, 2.75) is 58.6 Å². The van der Waals surface area contributed by atoms with E-state index in [9.17, 15) is 0 Å². The van der Waals surface area contributed by atoms with E-state index in [-0.39, 0.29) is 24.0 Å². The van der Waals surface area contributed by atoms with Gasteiger partial charge in [-0.2, -0.15) is 0 Å². The molecule has 122 valence electrons. The fourth-order valence-electron chi connectivity index (χ4n) is 4.20. The van der Waals surface area contributed by atoms with Crippen molar-refractivity contribution >= 4 is 29.9 Å². The first kappa shape index (κ1) is 17.3. The zero-order chi connectivity index (χ0) is 14.2. The molecular formula is C16H30IN3O. The van der Waals surface area contributed by atoms with E-state index >= 15 is 0 Å². The Bertz CT molecular complexity index is 382. The van der Waals surface area contributed by atoms with Crippen LogP contribution in [0.15, 0.2) is 4.99 Å². The lowest BCUT2D eigenvalue weighted by Gasteiger charge is -2.63. The molecule has 1 saturated heterocycles. The lowest BCUT2D eigenvalue weighted by molar-refractivity contribution is -0.171. The molecular weight excluding hydrogens is 377 g/mol. The fourth-order valence-corrected chi connectivity index (χ4v) is 4.20. The van der Waals surface area contributed by atoms with Gasteiger partial charge in [-0.05, 0) is 32.1 Å². The van der Waals surface area contributed by atoms with Crippen LogP contribution in [0.3, 0.4) is 0 Å². The Labute approximate surface area is 145 Å². The van der Waals surface area contributed by atoms with Crippen molar-refractivity contribution in [3.05, 3.63) is 0 Å². The first-order valence-electron chi connectivity index (χ1n) is 8.34. The third kappa shape index (κ3) is 3.05. The number of hydrogen-bond donors (Lipinski definition) is 2. The molecule has 1 heterocycles. The third-order valence-electron chi connectivity index (χ3n) is 5.29. The SMILES string of the molecule is CCNC(=NCC(C)C)NC1C2CCOC2C12CCC2.I. The Morgan fingerprint density at radius 2 is 2.14 bits per heavy atom. The number of nitrogens with zero attached hydrogens (tertiary/aromatic N) is 1. The Balaban J connectivity index is 0.00000161. The summed E-state index contributed by atoms with van der Waals surface area (Å²) in [5.41, 5.74) is 0.426. The molecule has 3 fully saturated rings. The molecule has 3 unspecified atom stereocenters. The van der Waals surface area contributed by atoms with Gasteiger partial charge in [0.25, 0.3) is 0 Å². The molecule has 0 aromatic rings. The van der Waals surface area contributed by atoms with Crippen LogP contribution in [-0.4, -0.2) is 37.8 Å². The highest BCUT2D eigenvalue weighted by molar-refractivity contribution is 14.0. The van der Waals surface area contributed by atoms with Crippen LogP contribution in [0.4, 0.5) is 0 Å². The number of rotatable bonds is 4. The summed E-state index contributed by atoms with van der Waals surface area (Å²) in [6.45, 7) is 9.33. The minimum Gasteiger partial charge on any atom is -0.377 e. The number of guanidine groups is 1. The average Bonchev–Trinajstić information content (AvgIpc) is 2.76. The molecule has 0 amide bonds. The van der Waals surface area contributed by atoms with Gasteiger partial charge in [0.1, 0.15) is 0 Å². The molecule has 0 aromatic heterocycles. The van der Waals surface area contributed by atoms with Gasteiger partial charge in [0.05, 0.1) is 6.10 Å². The van der Waals surface area contributed by atoms with E-state index < -0.39 is 0 Å². The van der Waals surface area contributed by atoms with Gasteiger partial charge < -0.3 is 15.4 Å². The van der Waals surface area contributed by atoms with E-state index in [4.69, 9.17) is 9.73 Å². The molecule has 2 N–H and O–H groups in total. The van der Waals surface area contributed by atoms with Crippen molar-refractivity contribution in [1.29, 1.82) is 0 Å². The molecule has 0 aromatic carbocycles. The number of ether oxygens (including phenoxy) is 1. The van der Waals surface area contributed by atoms with Crippen molar-refractivity contribution in [3.8, 4) is 0 Å². The first-order valence-corrected chi connectivity index (χ1v) is 8.34. The van der Waals surface area contributed by atoms with Crippen molar-refractivity contribution in [2.24, 2.45) is 22.2 Å². The molecule has 4 nitrogen and oxygen atoms in total. The quantitative estimate of drug-likeness (QED) is 0.428. The minimum atomic E-state index is 0. The Morgan fingerprint density at radius 1 is 1.38 bits per heavy atom. The zero-order valence-electron chi connectivity index (χ0n) is 13.5. The largest absolute Gasteiger partial charge is 0.377 e. The summed E-state index contributed by atoms with van der Waals surface area (Å²) in [5, 5.41) is 7.13. The molecule has 5 heteroatoms. The van der Waals surface area contributed by atoms with Gasteiger partial charge in [-0.1, -0.05) is 20.3 Å². The number of aliphatic imine (C=N–C) groups is 1. The van der Waals surface area contributed by atoms with Crippen LogP contribution < -0.4 is 10.6 Å². The molecule has 1 aliphatic heterocycles. The maximum atomic E-state index is 5.98. The van der Waals surface area contributed by atoms with Crippen LogP contribution >= 0.6 is 24.0 Å². The number of halogens is 1. The number of hydrogen-bond acceptors (Lipinski definition) is 2. The molecule has 3 atom stereocenters. The van der Waals surface area contributed by atoms with Crippen LogP contribution in [0.1, 0.15) is 46.5 Å². The number of fused-ring (bicyclic) bond motifs is 2. The first-order chi connectivity index (χ1) is 9.67. The fraction of sp³-hybridized carbons (Fsp3) is 0.938. The Morgan fingerprint density at radius 3 is 2.71 bits per heavy atom. The van der Waals surface area contributed by atoms with Crippen molar-refractivity contribution in [1.82, 2.24) is 10.6 Å². The molecule has 0 radical (unpaired) electrons. The lowest BCUT2D eigenvalue weighted by Crippen LogP contribution is -2.72. The molecule has 2 saturated carbocycles. The topological polar surface area (TPSA) is 45.7 Å². The summed E-state index contributed by atoms with van der Waals surface area (Å²) in [7, 11) is 0. The van der Waals surface area contributed by atoms with Crippen molar-refractivity contribution < 1.29 is 4.74 Å². The summed E-state index contributed by atoms with van der Waals surface area (Å²) >= 11 is 0.